The van der Waals surface area contributed by atoms with Crippen LogP contribution in [0.5, 0.6) is 0 Å². The summed E-state index contributed by atoms with van der Waals surface area (Å²) in [5.74, 6) is -1.42. The number of esters is 1. The van der Waals surface area contributed by atoms with Crippen molar-refractivity contribution in [2.75, 3.05) is 11.9 Å². The van der Waals surface area contributed by atoms with Crippen molar-refractivity contribution in [1.82, 2.24) is 0 Å². The van der Waals surface area contributed by atoms with Gasteiger partial charge < -0.3 is 15.8 Å². The SMILES string of the molecule is NC(=O)c1ccc(NC(=O)COC(=O)CCc2ccccc2)cc1. The maximum absolute atomic E-state index is 11.7. The number of carbonyl (C=O) groups is 3. The first kappa shape index (κ1) is 17.2. The van der Waals surface area contributed by atoms with Gasteiger partial charge in [0.25, 0.3) is 5.91 Å². The molecule has 3 N–H and O–H groups in total. The van der Waals surface area contributed by atoms with Gasteiger partial charge in [-0.15, -0.1) is 0 Å². The molecule has 0 spiro atoms. The van der Waals surface area contributed by atoms with Gasteiger partial charge in [0.05, 0.1) is 0 Å². The molecule has 0 saturated carbocycles. The van der Waals surface area contributed by atoms with Gasteiger partial charge in [-0.3, -0.25) is 14.4 Å². The van der Waals surface area contributed by atoms with E-state index < -0.39 is 17.8 Å². The molecule has 0 saturated heterocycles. The van der Waals surface area contributed by atoms with E-state index in [4.69, 9.17) is 10.5 Å². The molecule has 2 aromatic carbocycles. The van der Waals surface area contributed by atoms with Crippen LogP contribution in [0, 0.1) is 0 Å². The normalized spacial score (nSPS) is 10.0. The molecule has 0 unspecified atom stereocenters. The highest BCUT2D eigenvalue weighted by molar-refractivity contribution is 5.95. The Morgan fingerprint density at radius 1 is 0.958 bits per heavy atom. The summed E-state index contributed by atoms with van der Waals surface area (Å²) in [5.41, 5.74) is 7.01. The fourth-order valence-electron chi connectivity index (χ4n) is 2.02. The molecule has 0 atom stereocenters. The highest BCUT2D eigenvalue weighted by Gasteiger charge is 2.08. The molecule has 0 radical (unpaired) electrons. The lowest BCUT2D eigenvalue weighted by molar-refractivity contribution is -0.147. The summed E-state index contributed by atoms with van der Waals surface area (Å²) in [4.78, 5) is 34.3. The second-order valence-electron chi connectivity index (χ2n) is 5.14. The molecule has 0 heterocycles. The number of benzene rings is 2. The molecule has 0 fully saturated rings. The van der Waals surface area contributed by atoms with E-state index in [2.05, 4.69) is 5.32 Å². The van der Waals surface area contributed by atoms with Crippen LogP contribution in [0.1, 0.15) is 22.3 Å². The Morgan fingerprint density at radius 3 is 2.25 bits per heavy atom. The van der Waals surface area contributed by atoms with Gasteiger partial charge in [-0.25, -0.2) is 0 Å². The zero-order valence-electron chi connectivity index (χ0n) is 13.0. The first-order chi connectivity index (χ1) is 11.5. The van der Waals surface area contributed by atoms with Crippen LogP contribution in [-0.2, 0) is 20.7 Å². The van der Waals surface area contributed by atoms with Crippen LogP contribution in [0.2, 0.25) is 0 Å². The van der Waals surface area contributed by atoms with Crippen LogP contribution in [0.3, 0.4) is 0 Å². The zero-order valence-corrected chi connectivity index (χ0v) is 13.0. The standard InChI is InChI=1S/C18H18N2O4/c19-18(23)14-7-9-15(10-8-14)20-16(21)12-24-17(22)11-6-13-4-2-1-3-5-13/h1-5,7-10H,6,11-12H2,(H2,19,23)(H,20,21). The Bertz CT molecular complexity index is 712. The average Bonchev–Trinajstić information content (AvgIpc) is 2.59. The first-order valence-electron chi connectivity index (χ1n) is 7.44. The molecule has 0 aliphatic rings. The number of anilines is 1. The fraction of sp³-hybridized carbons (Fsp3) is 0.167. The summed E-state index contributed by atoms with van der Waals surface area (Å²) in [7, 11) is 0. The number of ether oxygens (including phenoxy) is 1. The van der Waals surface area contributed by atoms with Crippen LogP contribution in [0.15, 0.2) is 54.6 Å². The van der Waals surface area contributed by atoms with Crippen molar-refractivity contribution in [3.05, 3.63) is 65.7 Å². The van der Waals surface area contributed by atoms with Crippen molar-refractivity contribution in [3.63, 3.8) is 0 Å². The number of amides is 2. The number of primary amides is 1. The molecule has 124 valence electrons. The summed E-state index contributed by atoms with van der Waals surface area (Å²) in [6.07, 6.45) is 0.778. The number of nitrogens with two attached hydrogens (primary N) is 1. The van der Waals surface area contributed by atoms with E-state index in [0.29, 0.717) is 17.7 Å². The Labute approximate surface area is 139 Å². The molecule has 0 aliphatic carbocycles. The van der Waals surface area contributed by atoms with Crippen LogP contribution in [0.4, 0.5) is 5.69 Å². The predicted octanol–water partition coefficient (Wildman–Crippen LogP) is 1.90. The van der Waals surface area contributed by atoms with Gasteiger partial charge >= 0.3 is 5.97 Å². The molecule has 0 aromatic heterocycles. The number of aryl methyl sites for hydroxylation is 1. The minimum Gasteiger partial charge on any atom is -0.456 e. The van der Waals surface area contributed by atoms with Crippen LogP contribution < -0.4 is 11.1 Å². The lowest BCUT2D eigenvalue weighted by Gasteiger charge is -2.07. The topological polar surface area (TPSA) is 98.5 Å². The number of carbonyl (C=O) groups excluding carboxylic acids is 3. The molecule has 0 aliphatic heterocycles. The van der Waals surface area contributed by atoms with Crippen molar-refractivity contribution in [3.8, 4) is 0 Å². The van der Waals surface area contributed by atoms with E-state index in [-0.39, 0.29) is 13.0 Å². The predicted molar refractivity (Wildman–Crippen MR) is 89.3 cm³/mol. The molecule has 0 bridgehead atoms. The molecular weight excluding hydrogens is 308 g/mol. The molecule has 6 heteroatoms. The van der Waals surface area contributed by atoms with Crippen LogP contribution in [-0.4, -0.2) is 24.4 Å². The monoisotopic (exact) mass is 326 g/mol. The second-order valence-corrected chi connectivity index (χ2v) is 5.14. The van der Waals surface area contributed by atoms with E-state index >= 15 is 0 Å². The van der Waals surface area contributed by atoms with E-state index in [1.165, 1.54) is 12.1 Å². The molecular formula is C18H18N2O4. The van der Waals surface area contributed by atoms with Crippen molar-refractivity contribution in [1.29, 1.82) is 0 Å². The number of hydrogen-bond donors (Lipinski definition) is 2. The smallest absolute Gasteiger partial charge is 0.306 e. The maximum Gasteiger partial charge on any atom is 0.306 e. The quantitative estimate of drug-likeness (QED) is 0.759. The lowest BCUT2D eigenvalue weighted by Crippen LogP contribution is -2.21. The summed E-state index contributed by atoms with van der Waals surface area (Å²) in [6.45, 7) is -0.356. The molecule has 6 nitrogen and oxygen atoms in total. The summed E-state index contributed by atoms with van der Waals surface area (Å²) in [5, 5.41) is 2.57. The van der Waals surface area contributed by atoms with Crippen molar-refractivity contribution in [2.45, 2.75) is 12.8 Å². The van der Waals surface area contributed by atoms with Gasteiger partial charge in [-0.05, 0) is 36.2 Å². The summed E-state index contributed by atoms with van der Waals surface area (Å²) >= 11 is 0. The molecule has 2 amide bonds. The summed E-state index contributed by atoms with van der Waals surface area (Å²) < 4.78 is 4.93. The second kappa shape index (κ2) is 8.47. The largest absolute Gasteiger partial charge is 0.456 e. The third kappa shape index (κ3) is 5.57. The highest BCUT2D eigenvalue weighted by atomic mass is 16.5. The lowest BCUT2D eigenvalue weighted by atomic mass is 10.1. The average molecular weight is 326 g/mol. The van der Waals surface area contributed by atoms with E-state index in [0.717, 1.165) is 5.56 Å². The van der Waals surface area contributed by atoms with Gasteiger partial charge in [0.2, 0.25) is 5.91 Å². The minimum absolute atomic E-state index is 0.213. The molecule has 2 aromatic rings. The van der Waals surface area contributed by atoms with Crippen molar-refractivity contribution < 1.29 is 19.1 Å². The van der Waals surface area contributed by atoms with Gasteiger partial charge in [0.1, 0.15) is 0 Å². The van der Waals surface area contributed by atoms with E-state index in [9.17, 15) is 14.4 Å². The number of rotatable bonds is 7. The summed E-state index contributed by atoms with van der Waals surface area (Å²) in [6, 6.07) is 15.7. The zero-order chi connectivity index (χ0) is 17.4. The van der Waals surface area contributed by atoms with E-state index in [1.807, 2.05) is 30.3 Å². The van der Waals surface area contributed by atoms with Gasteiger partial charge in [-0.2, -0.15) is 0 Å². The van der Waals surface area contributed by atoms with Crippen molar-refractivity contribution in [2.24, 2.45) is 5.73 Å². The molecule has 24 heavy (non-hydrogen) atoms. The molecule has 2 rings (SSSR count). The van der Waals surface area contributed by atoms with Gasteiger partial charge in [-0.1, -0.05) is 30.3 Å². The Balaban J connectivity index is 1.72. The highest BCUT2D eigenvalue weighted by Crippen LogP contribution is 2.09. The first-order valence-corrected chi connectivity index (χ1v) is 7.44. The fourth-order valence-corrected chi connectivity index (χ4v) is 2.02. The third-order valence-corrected chi connectivity index (χ3v) is 3.28. The Kier molecular flexibility index (Phi) is 6.08. The number of nitrogens with one attached hydrogen (secondary N) is 1. The Morgan fingerprint density at radius 2 is 1.62 bits per heavy atom. The third-order valence-electron chi connectivity index (χ3n) is 3.28. The minimum atomic E-state index is -0.541. The van der Waals surface area contributed by atoms with Crippen LogP contribution in [0.25, 0.3) is 0 Å². The van der Waals surface area contributed by atoms with Crippen molar-refractivity contribution >= 4 is 23.5 Å². The Hall–Kier alpha value is -3.15. The maximum atomic E-state index is 11.7. The van der Waals surface area contributed by atoms with Gasteiger partial charge in [0.15, 0.2) is 6.61 Å². The van der Waals surface area contributed by atoms with E-state index in [1.54, 1.807) is 12.1 Å². The number of hydrogen-bond acceptors (Lipinski definition) is 4. The van der Waals surface area contributed by atoms with Crippen LogP contribution >= 0.6 is 0 Å². The van der Waals surface area contributed by atoms with Gasteiger partial charge in [0, 0.05) is 17.7 Å².